The highest BCUT2D eigenvalue weighted by atomic mass is 35.5. The zero-order chi connectivity index (χ0) is 19.4. The first-order chi connectivity index (χ1) is 13.0. The van der Waals surface area contributed by atoms with Crippen LogP contribution in [0.3, 0.4) is 0 Å². The molecule has 0 unspecified atom stereocenters. The van der Waals surface area contributed by atoms with Gasteiger partial charge < -0.3 is 15.0 Å². The van der Waals surface area contributed by atoms with Crippen LogP contribution in [-0.4, -0.2) is 43.1 Å². The summed E-state index contributed by atoms with van der Waals surface area (Å²) < 4.78 is 19.0. The van der Waals surface area contributed by atoms with Crippen molar-refractivity contribution < 1.29 is 13.9 Å². The summed E-state index contributed by atoms with van der Waals surface area (Å²) in [4.78, 5) is 18.6. The van der Waals surface area contributed by atoms with Crippen molar-refractivity contribution in [1.82, 2.24) is 9.88 Å². The van der Waals surface area contributed by atoms with Crippen molar-refractivity contribution in [2.75, 3.05) is 32.6 Å². The van der Waals surface area contributed by atoms with Gasteiger partial charge in [-0.15, -0.1) is 0 Å². The molecule has 1 aromatic heterocycles. The number of para-hydroxylation sites is 1. The van der Waals surface area contributed by atoms with E-state index in [0.29, 0.717) is 28.5 Å². The molecule has 0 spiro atoms. The van der Waals surface area contributed by atoms with Crippen molar-refractivity contribution in [3.8, 4) is 0 Å². The summed E-state index contributed by atoms with van der Waals surface area (Å²) in [6.45, 7) is 0.799. The predicted molar refractivity (Wildman–Crippen MR) is 105 cm³/mol. The fourth-order valence-corrected chi connectivity index (χ4v) is 2.81. The van der Waals surface area contributed by atoms with Crippen LogP contribution in [0.15, 0.2) is 48.7 Å². The van der Waals surface area contributed by atoms with E-state index in [0.717, 1.165) is 11.5 Å². The van der Waals surface area contributed by atoms with E-state index in [2.05, 4.69) is 10.3 Å². The lowest BCUT2D eigenvalue weighted by molar-refractivity contribution is 0.0482. The van der Waals surface area contributed by atoms with E-state index >= 15 is 0 Å². The van der Waals surface area contributed by atoms with Crippen LogP contribution < -0.4 is 5.32 Å². The molecule has 7 heteroatoms. The van der Waals surface area contributed by atoms with E-state index in [4.69, 9.17) is 16.3 Å². The van der Waals surface area contributed by atoms with Crippen molar-refractivity contribution in [2.24, 2.45) is 0 Å². The number of likely N-dealkylation sites (N-methyl/N-ethyl adjacent to an activating group) is 1. The molecule has 140 valence electrons. The summed E-state index contributed by atoms with van der Waals surface area (Å²) in [5, 5.41) is 4.49. The Morgan fingerprint density at radius 3 is 2.81 bits per heavy atom. The number of esters is 1. The van der Waals surface area contributed by atoms with Gasteiger partial charge in [0.05, 0.1) is 21.8 Å². The summed E-state index contributed by atoms with van der Waals surface area (Å²) in [7, 11) is 3.76. The molecule has 0 saturated heterocycles. The topological polar surface area (TPSA) is 54.5 Å². The van der Waals surface area contributed by atoms with E-state index < -0.39 is 11.8 Å². The van der Waals surface area contributed by atoms with Crippen molar-refractivity contribution >= 4 is 39.8 Å². The number of hydrogen-bond acceptors (Lipinski definition) is 5. The van der Waals surface area contributed by atoms with Crippen molar-refractivity contribution in [3.63, 3.8) is 0 Å². The van der Waals surface area contributed by atoms with Gasteiger partial charge in [0.25, 0.3) is 0 Å². The maximum atomic E-state index is 13.7. The lowest BCUT2D eigenvalue weighted by Crippen LogP contribution is -2.20. The number of benzene rings is 2. The van der Waals surface area contributed by atoms with Crippen LogP contribution in [0.2, 0.25) is 5.02 Å². The monoisotopic (exact) mass is 387 g/mol. The Balaban J connectivity index is 1.92. The van der Waals surface area contributed by atoms with E-state index in [9.17, 15) is 9.18 Å². The second-order valence-electron chi connectivity index (χ2n) is 6.25. The van der Waals surface area contributed by atoms with Crippen LogP contribution >= 0.6 is 11.6 Å². The van der Waals surface area contributed by atoms with Crippen LogP contribution in [0.1, 0.15) is 10.4 Å². The highest BCUT2D eigenvalue weighted by molar-refractivity contribution is 6.35. The van der Waals surface area contributed by atoms with Gasteiger partial charge in [-0.1, -0.05) is 23.7 Å². The number of halogens is 2. The normalized spacial score (nSPS) is 11.0. The number of pyridine rings is 1. The number of hydrogen-bond donors (Lipinski definition) is 1. The fourth-order valence-electron chi connectivity index (χ4n) is 2.59. The number of carbonyl (C=O) groups excluding carboxylic acids is 1. The number of aromatic nitrogens is 1. The van der Waals surface area contributed by atoms with E-state index in [-0.39, 0.29) is 12.2 Å². The summed E-state index contributed by atoms with van der Waals surface area (Å²) >= 11 is 6.20. The number of anilines is 2. The standard InChI is InChI=1S/C20H19ClFN3O2/c1-25(2)10-11-27-20(26)15-12-13(22)6-7-17(15)24-18-8-9-23-19-14(18)4-3-5-16(19)21/h3-9,12H,10-11H2,1-2H3,(H,23,24). The molecule has 0 fully saturated rings. The highest BCUT2D eigenvalue weighted by Crippen LogP contribution is 2.30. The Morgan fingerprint density at radius 1 is 1.22 bits per heavy atom. The molecule has 3 aromatic rings. The van der Waals surface area contributed by atoms with Gasteiger partial charge in [0, 0.05) is 23.8 Å². The molecule has 1 N–H and O–H groups in total. The van der Waals surface area contributed by atoms with Gasteiger partial charge in [0.1, 0.15) is 12.4 Å². The zero-order valence-corrected chi connectivity index (χ0v) is 15.8. The lowest BCUT2D eigenvalue weighted by Gasteiger charge is -2.15. The average Bonchev–Trinajstić information content (AvgIpc) is 2.63. The molecule has 3 rings (SSSR count). The Hall–Kier alpha value is -2.70. The molecule has 5 nitrogen and oxygen atoms in total. The molecule has 0 amide bonds. The van der Waals surface area contributed by atoms with Gasteiger partial charge in [-0.3, -0.25) is 4.98 Å². The second-order valence-corrected chi connectivity index (χ2v) is 6.66. The molecule has 0 aliphatic carbocycles. The van der Waals surface area contributed by atoms with Crippen LogP contribution in [0.25, 0.3) is 10.9 Å². The minimum Gasteiger partial charge on any atom is -0.461 e. The molecule has 0 aliphatic heterocycles. The summed E-state index contributed by atoms with van der Waals surface area (Å²) in [6.07, 6.45) is 1.62. The molecule has 0 radical (unpaired) electrons. The van der Waals surface area contributed by atoms with Gasteiger partial charge in [0.2, 0.25) is 0 Å². The minimum absolute atomic E-state index is 0.126. The van der Waals surface area contributed by atoms with Gasteiger partial charge in [-0.2, -0.15) is 0 Å². The Bertz CT molecular complexity index is 979. The number of ether oxygens (including phenoxy) is 1. The smallest absolute Gasteiger partial charge is 0.340 e. The molecule has 1 heterocycles. The van der Waals surface area contributed by atoms with Gasteiger partial charge in [0.15, 0.2) is 0 Å². The lowest BCUT2D eigenvalue weighted by atomic mass is 10.1. The fraction of sp³-hybridized carbons (Fsp3) is 0.200. The van der Waals surface area contributed by atoms with Gasteiger partial charge >= 0.3 is 5.97 Å². The van der Waals surface area contributed by atoms with Gasteiger partial charge in [-0.25, -0.2) is 9.18 Å². The quantitative estimate of drug-likeness (QED) is 0.631. The molecule has 0 bridgehead atoms. The van der Waals surface area contributed by atoms with Crippen molar-refractivity contribution in [3.05, 3.63) is 65.1 Å². The van der Waals surface area contributed by atoms with Crippen LogP contribution in [-0.2, 0) is 4.74 Å². The third kappa shape index (κ3) is 4.53. The predicted octanol–water partition coefficient (Wildman–Crippen LogP) is 4.49. The number of rotatable bonds is 6. The first kappa shape index (κ1) is 19.1. The van der Waals surface area contributed by atoms with Crippen molar-refractivity contribution in [2.45, 2.75) is 0 Å². The maximum Gasteiger partial charge on any atom is 0.340 e. The van der Waals surface area contributed by atoms with Gasteiger partial charge in [-0.05, 0) is 44.4 Å². The Morgan fingerprint density at radius 2 is 2.04 bits per heavy atom. The SMILES string of the molecule is CN(C)CCOC(=O)c1cc(F)ccc1Nc1ccnc2c(Cl)cccc12. The third-order valence-electron chi connectivity index (χ3n) is 3.96. The summed E-state index contributed by atoms with van der Waals surface area (Å²) in [5.41, 5.74) is 1.91. The molecule has 0 saturated carbocycles. The molecule has 0 atom stereocenters. The minimum atomic E-state index is -0.588. The second kappa shape index (κ2) is 8.33. The zero-order valence-electron chi connectivity index (χ0n) is 15.0. The molecule has 0 aliphatic rings. The third-order valence-corrected chi connectivity index (χ3v) is 4.27. The van der Waals surface area contributed by atoms with Crippen LogP contribution in [0.4, 0.5) is 15.8 Å². The molecule has 2 aromatic carbocycles. The first-order valence-electron chi connectivity index (χ1n) is 8.37. The molecule has 27 heavy (non-hydrogen) atoms. The number of fused-ring (bicyclic) bond motifs is 1. The van der Waals surface area contributed by atoms with Crippen molar-refractivity contribution in [1.29, 1.82) is 0 Å². The average molecular weight is 388 g/mol. The summed E-state index contributed by atoms with van der Waals surface area (Å²) in [5.74, 6) is -1.10. The van der Waals surface area contributed by atoms with E-state index in [1.54, 1.807) is 18.3 Å². The van der Waals surface area contributed by atoms with Crippen LogP contribution in [0, 0.1) is 5.82 Å². The number of carbonyl (C=O) groups is 1. The van der Waals surface area contributed by atoms with Crippen LogP contribution in [0.5, 0.6) is 0 Å². The van der Waals surface area contributed by atoms with E-state index in [1.807, 2.05) is 31.1 Å². The molecular formula is C20H19ClFN3O2. The number of nitrogens with one attached hydrogen (secondary N) is 1. The first-order valence-corrected chi connectivity index (χ1v) is 8.75. The Kier molecular flexibility index (Phi) is 5.88. The largest absolute Gasteiger partial charge is 0.461 e. The Labute approximate surface area is 161 Å². The van der Waals surface area contributed by atoms with E-state index in [1.165, 1.54) is 12.1 Å². The summed E-state index contributed by atoms with van der Waals surface area (Å²) in [6, 6.07) is 11.2. The number of nitrogens with zero attached hydrogens (tertiary/aromatic N) is 2. The molecular weight excluding hydrogens is 369 g/mol. The highest BCUT2D eigenvalue weighted by Gasteiger charge is 2.16. The maximum absolute atomic E-state index is 13.7.